The molecular formula is C15H17Cl2N3O2. The third-order valence-electron chi connectivity index (χ3n) is 3.24. The fourth-order valence-corrected chi connectivity index (χ4v) is 2.64. The summed E-state index contributed by atoms with van der Waals surface area (Å²) in [5.74, 6) is -0.428. The first kappa shape index (κ1) is 16.8. The zero-order chi connectivity index (χ0) is 16.3. The number of aromatic nitrogens is 2. The summed E-state index contributed by atoms with van der Waals surface area (Å²) in [6.07, 6.45) is 2.27. The number of nitrogens with zero attached hydrogens (tertiary/aromatic N) is 3. The molecule has 0 saturated carbocycles. The SMILES string of the molecule is CCn1cc(CN(C)C(=O)[C@H](O)c2cc(Cl)cc(Cl)c2)cn1. The highest BCUT2D eigenvalue weighted by molar-refractivity contribution is 6.34. The quantitative estimate of drug-likeness (QED) is 0.909. The molecular weight excluding hydrogens is 325 g/mol. The van der Waals surface area contributed by atoms with E-state index in [1.807, 2.05) is 13.1 Å². The van der Waals surface area contributed by atoms with E-state index in [9.17, 15) is 9.90 Å². The van der Waals surface area contributed by atoms with Crippen LogP contribution in [0.25, 0.3) is 0 Å². The van der Waals surface area contributed by atoms with Crippen LogP contribution in [0.2, 0.25) is 10.0 Å². The minimum atomic E-state index is -1.30. The Morgan fingerprint density at radius 1 is 1.36 bits per heavy atom. The van der Waals surface area contributed by atoms with Crippen molar-refractivity contribution in [1.82, 2.24) is 14.7 Å². The number of halogens is 2. The molecule has 0 spiro atoms. The molecule has 0 aliphatic heterocycles. The number of rotatable bonds is 5. The molecule has 0 aliphatic carbocycles. The van der Waals surface area contributed by atoms with E-state index in [-0.39, 0.29) is 0 Å². The van der Waals surface area contributed by atoms with E-state index in [4.69, 9.17) is 23.2 Å². The van der Waals surface area contributed by atoms with Gasteiger partial charge >= 0.3 is 0 Å². The molecule has 1 aromatic carbocycles. The molecule has 2 rings (SSSR count). The number of aliphatic hydroxyl groups excluding tert-OH is 1. The molecule has 0 bridgehead atoms. The second-order valence-corrected chi connectivity index (χ2v) is 5.88. The van der Waals surface area contributed by atoms with Crippen LogP contribution in [-0.4, -0.2) is 32.7 Å². The standard InChI is InChI=1S/C15H17Cl2N3O2/c1-3-20-9-10(7-18-20)8-19(2)15(22)14(21)11-4-12(16)6-13(17)5-11/h4-7,9,14,21H,3,8H2,1-2H3/t14-/m1/s1. The topological polar surface area (TPSA) is 58.4 Å². The van der Waals surface area contributed by atoms with Crippen molar-refractivity contribution in [2.24, 2.45) is 0 Å². The second kappa shape index (κ2) is 7.13. The van der Waals surface area contributed by atoms with Crippen LogP contribution in [0.5, 0.6) is 0 Å². The molecule has 0 fully saturated rings. The Bertz CT molecular complexity index is 652. The van der Waals surface area contributed by atoms with Crippen LogP contribution < -0.4 is 0 Å². The molecule has 0 unspecified atom stereocenters. The number of benzene rings is 1. The first-order valence-corrected chi connectivity index (χ1v) is 7.56. The largest absolute Gasteiger partial charge is 0.378 e. The average Bonchev–Trinajstić information content (AvgIpc) is 2.92. The Morgan fingerprint density at radius 2 is 2.00 bits per heavy atom. The highest BCUT2D eigenvalue weighted by atomic mass is 35.5. The zero-order valence-electron chi connectivity index (χ0n) is 12.3. The maximum atomic E-state index is 12.3. The van der Waals surface area contributed by atoms with E-state index in [1.165, 1.54) is 17.0 Å². The molecule has 7 heteroatoms. The van der Waals surface area contributed by atoms with Gasteiger partial charge < -0.3 is 10.0 Å². The predicted octanol–water partition coefficient (Wildman–Crippen LogP) is 2.90. The highest BCUT2D eigenvalue weighted by Gasteiger charge is 2.22. The summed E-state index contributed by atoms with van der Waals surface area (Å²) >= 11 is 11.8. The van der Waals surface area contributed by atoms with Gasteiger partial charge in [-0.2, -0.15) is 5.10 Å². The van der Waals surface area contributed by atoms with Gasteiger partial charge in [0.2, 0.25) is 0 Å². The van der Waals surface area contributed by atoms with Crippen LogP contribution in [0.4, 0.5) is 0 Å². The first-order chi connectivity index (χ1) is 10.4. The Hall–Kier alpha value is -1.56. The third kappa shape index (κ3) is 4.00. The van der Waals surface area contributed by atoms with E-state index in [0.29, 0.717) is 22.2 Å². The Balaban J connectivity index is 2.08. The number of hydrogen-bond acceptors (Lipinski definition) is 3. The smallest absolute Gasteiger partial charge is 0.256 e. The third-order valence-corrected chi connectivity index (χ3v) is 3.68. The number of hydrogen-bond donors (Lipinski definition) is 1. The van der Waals surface area contributed by atoms with Gasteiger partial charge in [0, 0.05) is 41.9 Å². The lowest BCUT2D eigenvalue weighted by Crippen LogP contribution is -2.31. The van der Waals surface area contributed by atoms with Gasteiger partial charge in [-0.1, -0.05) is 23.2 Å². The maximum Gasteiger partial charge on any atom is 0.256 e. The lowest BCUT2D eigenvalue weighted by atomic mass is 10.1. The summed E-state index contributed by atoms with van der Waals surface area (Å²) in [7, 11) is 1.63. The normalized spacial score (nSPS) is 12.2. The van der Waals surface area contributed by atoms with Crippen LogP contribution in [-0.2, 0) is 17.9 Å². The van der Waals surface area contributed by atoms with Gasteiger partial charge in [0.25, 0.3) is 5.91 Å². The van der Waals surface area contributed by atoms with Crippen molar-refractivity contribution in [3.63, 3.8) is 0 Å². The fraction of sp³-hybridized carbons (Fsp3) is 0.333. The van der Waals surface area contributed by atoms with E-state index >= 15 is 0 Å². The molecule has 2 aromatic rings. The van der Waals surface area contributed by atoms with Gasteiger partial charge in [0.05, 0.1) is 6.20 Å². The van der Waals surface area contributed by atoms with Crippen molar-refractivity contribution < 1.29 is 9.90 Å². The second-order valence-electron chi connectivity index (χ2n) is 5.00. The monoisotopic (exact) mass is 341 g/mol. The van der Waals surface area contributed by atoms with E-state index in [1.54, 1.807) is 24.0 Å². The highest BCUT2D eigenvalue weighted by Crippen LogP contribution is 2.24. The summed E-state index contributed by atoms with van der Waals surface area (Å²) in [6, 6.07) is 4.60. The van der Waals surface area contributed by atoms with Crippen LogP contribution >= 0.6 is 23.2 Å². The molecule has 1 atom stereocenters. The van der Waals surface area contributed by atoms with Crippen molar-refractivity contribution in [2.45, 2.75) is 26.1 Å². The number of carbonyl (C=O) groups is 1. The minimum Gasteiger partial charge on any atom is -0.378 e. The van der Waals surface area contributed by atoms with E-state index in [0.717, 1.165) is 12.1 Å². The first-order valence-electron chi connectivity index (χ1n) is 6.81. The van der Waals surface area contributed by atoms with E-state index in [2.05, 4.69) is 5.10 Å². The molecule has 1 N–H and O–H groups in total. The summed E-state index contributed by atoms with van der Waals surface area (Å²) in [4.78, 5) is 13.8. The zero-order valence-corrected chi connectivity index (χ0v) is 13.8. The van der Waals surface area contributed by atoms with Crippen molar-refractivity contribution in [3.8, 4) is 0 Å². The summed E-state index contributed by atoms with van der Waals surface area (Å²) in [5.41, 5.74) is 1.27. The lowest BCUT2D eigenvalue weighted by molar-refractivity contribution is -0.139. The minimum absolute atomic E-state index is 0.365. The molecule has 1 aromatic heterocycles. The average molecular weight is 342 g/mol. The van der Waals surface area contributed by atoms with E-state index < -0.39 is 12.0 Å². The van der Waals surface area contributed by atoms with Crippen LogP contribution in [0.15, 0.2) is 30.6 Å². The fourth-order valence-electron chi connectivity index (χ4n) is 2.10. The summed E-state index contributed by atoms with van der Waals surface area (Å²) in [6.45, 7) is 3.11. The number of likely N-dealkylation sites (N-methyl/N-ethyl adjacent to an activating group) is 1. The van der Waals surface area contributed by atoms with Gasteiger partial charge in [-0.05, 0) is 30.7 Å². The number of carbonyl (C=O) groups excluding carboxylic acids is 1. The number of aliphatic hydroxyl groups is 1. The van der Waals surface area contributed by atoms with Crippen LogP contribution in [0, 0.1) is 0 Å². The molecule has 0 radical (unpaired) electrons. The van der Waals surface area contributed by atoms with Crippen molar-refractivity contribution in [1.29, 1.82) is 0 Å². The van der Waals surface area contributed by atoms with Gasteiger partial charge in [-0.3, -0.25) is 9.48 Å². The predicted molar refractivity (Wildman–Crippen MR) is 85.8 cm³/mol. The maximum absolute atomic E-state index is 12.3. The number of aryl methyl sites for hydroxylation is 1. The molecule has 5 nitrogen and oxygen atoms in total. The summed E-state index contributed by atoms with van der Waals surface area (Å²) in [5, 5.41) is 15.1. The lowest BCUT2D eigenvalue weighted by Gasteiger charge is -2.20. The van der Waals surface area contributed by atoms with Gasteiger partial charge in [-0.25, -0.2) is 0 Å². The van der Waals surface area contributed by atoms with Crippen molar-refractivity contribution in [2.75, 3.05) is 7.05 Å². The van der Waals surface area contributed by atoms with Crippen LogP contribution in [0.1, 0.15) is 24.2 Å². The van der Waals surface area contributed by atoms with Crippen molar-refractivity contribution in [3.05, 3.63) is 51.8 Å². The molecule has 0 saturated heterocycles. The molecule has 0 aliphatic rings. The van der Waals surface area contributed by atoms with Gasteiger partial charge in [-0.15, -0.1) is 0 Å². The van der Waals surface area contributed by atoms with Crippen LogP contribution in [0.3, 0.4) is 0 Å². The molecule has 1 heterocycles. The molecule has 118 valence electrons. The molecule has 1 amide bonds. The van der Waals surface area contributed by atoms with Gasteiger partial charge in [0.15, 0.2) is 6.10 Å². The Morgan fingerprint density at radius 3 is 2.55 bits per heavy atom. The Kier molecular flexibility index (Phi) is 5.45. The van der Waals surface area contributed by atoms with Crippen molar-refractivity contribution >= 4 is 29.1 Å². The summed E-state index contributed by atoms with van der Waals surface area (Å²) < 4.78 is 1.78. The number of amides is 1. The molecule has 22 heavy (non-hydrogen) atoms. The van der Waals surface area contributed by atoms with Gasteiger partial charge in [0.1, 0.15) is 0 Å². The Labute approximate surface area is 139 Å².